The molecule has 0 aromatic rings. The van der Waals surface area contributed by atoms with Gasteiger partial charge in [-0.25, -0.2) is 4.79 Å². The molecule has 1 heterocycles. The second-order valence-corrected chi connectivity index (χ2v) is 20.3. The van der Waals surface area contributed by atoms with Gasteiger partial charge in [0.1, 0.15) is 18.8 Å². The van der Waals surface area contributed by atoms with Gasteiger partial charge in [0.15, 0.2) is 24.6 Å². The van der Waals surface area contributed by atoms with Crippen LogP contribution in [0.1, 0.15) is 252 Å². The Morgan fingerprint density at radius 3 is 1.31 bits per heavy atom. The van der Waals surface area contributed by atoms with Gasteiger partial charge in [0, 0.05) is 19.3 Å². The molecule has 1 aliphatic heterocycles. The molecule has 0 bridgehead atoms. The van der Waals surface area contributed by atoms with Gasteiger partial charge in [-0.1, -0.05) is 216 Å². The van der Waals surface area contributed by atoms with E-state index in [2.05, 4.69) is 93.7 Å². The number of unbranched alkanes of at least 4 members (excludes halogenated alkanes) is 24. The van der Waals surface area contributed by atoms with Gasteiger partial charge in [0.05, 0.1) is 6.61 Å². The van der Waals surface area contributed by atoms with Crippen molar-refractivity contribution in [1.82, 2.24) is 0 Å². The smallest absolute Gasteiger partial charge is 0.335 e. The van der Waals surface area contributed by atoms with Crippen LogP contribution in [-0.4, -0.2) is 89.2 Å². The minimum atomic E-state index is -1.91. The Balaban J connectivity index is 2.71. The van der Waals surface area contributed by atoms with Gasteiger partial charge in [-0.3, -0.25) is 14.4 Å². The van der Waals surface area contributed by atoms with Gasteiger partial charge in [-0.2, -0.15) is 0 Å². The average molecular weight is 1060 g/mol. The number of carbonyl (C=O) groups excluding carboxylic acids is 3. The highest BCUT2D eigenvalue weighted by molar-refractivity contribution is 5.74. The third-order valence-corrected chi connectivity index (χ3v) is 13.3. The lowest BCUT2D eigenvalue weighted by Crippen LogP contribution is -2.61. The maximum atomic E-state index is 13.1. The molecular weight excluding hydrogens is 949 g/mol. The molecule has 12 nitrogen and oxygen atoms in total. The van der Waals surface area contributed by atoms with Crippen molar-refractivity contribution in [2.24, 2.45) is 0 Å². The molecule has 0 amide bonds. The zero-order valence-corrected chi connectivity index (χ0v) is 47.3. The van der Waals surface area contributed by atoms with Crippen molar-refractivity contribution >= 4 is 23.9 Å². The highest BCUT2D eigenvalue weighted by atomic mass is 16.7. The second-order valence-electron chi connectivity index (χ2n) is 20.3. The molecule has 1 fully saturated rings. The molecule has 0 saturated carbocycles. The van der Waals surface area contributed by atoms with Crippen molar-refractivity contribution in [2.45, 2.75) is 289 Å². The molecule has 0 radical (unpaired) electrons. The number of rotatable bonds is 50. The molecule has 1 saturated heterocycles. The highest BCUT2D eigenvalue weighted by Crippen LogP contribution is 2.26. The summed E-state index contributed by atoms with van der Waals surface area (Å²) in [5.74, 6) is -3.16. The molecule has 1 rings (SSSR count). The minimum Gasteiger partial charge on any atom is -0.479 e. The topological polar surface area (TPSA) is 175 Å². The predicted molar refractivity (Wildman–Crippen MR) is 303 cm³/mol. The van der Waals surface area contributed by atoms with E-state index in [9.17, 15) is 34.5 Å². The number of aliphatic hydroxyl groups is 2. The molecule has 1 aliphatic rings. The van der Waals surface area contributed by atoms with Crippen LogP contribution in [0.3, 0.4) is 0 Å². The van der Waals surface area contributed by atoms with E-state index in [-0.39, 0.29) is 25.9 Å². The first kappa shape index (κ1) is 69.2. The van der Waals surface area contributed by atoms with E-state index < -0.39 is 67.3 Å². The quantitative estimate of drug-likeness (QED) is 0.0228. The van der Waals surface area contributed by atoms with Crippen molar-refractivity contribution in [1.29, 1.82) is 0 Å². The third kappa shape index (κ3) is 41.0. The summed E-state index contributed by atoms with van der Waals surface area (Å²) < 4.78 is 28.4. The summed E-state index contributed by atoms with van der Waals surface area (Å²) in [6.07, 6.45) is 51.5. The van der Waals surface area contributed by atoms with Crippen molar-refractivity contribution < 1.29 is 58.2 Å². The maximum absolute atomic E-state index is 13.1. The summed E-state index contributed by atoms with van der Waals surface area (Å²) in [6.45, 7) is 5.84. The Labute approximate surface area is 455 Å². The van der Waals surface area contributed by atoms with Crippen LogP contribution in [-0.2, 0) is 42.9 Å². The van der Waals surface area contributed by atoms with Crippen LogP contribution in [0.5, 0.6) is 0 Å². The fourth-order valence-electron chi connectivity index (χ4n) is 8.68. The van der Waals surface area contributed by atoms with Crippen molar-refractivity contribution in [3.63, 3.8) is 0 Å². The number of aliphatic carboxylic acids is 1. The number of hydrogen-bond donors (Lipinski definition) is 3. The molecule has 12 heteroatoms. The van der Waals surface area contributed by atoms with Crippen LogP contribution in [0.15, 0.2) is 72.9 Å². The zero-order valence-electron chi connectivity index (χ0n) is 47.3. The molecule has 0 spiro atoms. The van der Waals surface area contributed by atoms with Crippen LogP contribution in [0.25, 0.3) is 0 Å². The third-order valence-electron chi connectivity index (χ3n) is 13.3. The Morgan fingerprint density at radius 1 is 0.453 bits per heavy atom. The molecule has 6 unspecified atom stereocenters. The van der Waals surface area contributed by atoms with Gasteiger partial charge in [-0.05, 0) is 89.9 Å². The first-order chi connectivity index (χ1) is 36.6. The number of allylic oxidation sites excluding steroid dienone is 12. The zero-order chi connectivity index (χ0) is 54.7. The van der Waals surface area contributed by atoms with Crippen LogP contribution in [0.4, 0.5) is 0 Å². The molecule has 0 aromatic carbocycles. The molecule has 0 aliphatic carbocycles. The average Bonchev–Trinajstić information content (AvgIpc) is 3.39. The number of carboxylic acid groups (broad SMARTS) is 1. The summed E-state index contributed by atoms with van der Waals surface area (Å²) in [5, 5.41) is 31.5. The molecule has 0 aromatic heterocycles. The van der Waals surface area contributed by atoms with E-state index in [1.165, 1.54) is 77.0 Å². The summed E-state index contributed by atoms with van der Waals surface area (Å²) in [6, 6.07) is 0. The minimum absolute atomic E-state index is 0.0302. The lowest BCUT2D eigenvalue weighted by molar-refractivity contribution is -0.301. The van der Waals surface area contributed by atoms with Gasteiger partial charge < -0.3 is 39.0 Å². The Kier molecular flexibility index (Phi) is 47.0. The van der Waals surface area contributed by atoms with Crippen LogP contribution in [0.2, 0.25) is 0 Å². The van der Waals surface area contributed by atoms with Crippen molar-refractivity contribution in [3.8, 4) is 0 Å². The van der Waals surface area contributed by atoms with Gasteiger partial charge in [0.2, 0.25) is 0 Å². The maximum Gasteiger partial charge on any atom is 0.335 e. The molecule has 3 N–H and O–H groups in total. The van der Waals surface area contributed by atoms with Crippen LogP contribution in [0, 0.1) is 0 Å². The Bertz CT molecular complexity index is 1580. The van der Waals surface area contributed by atoms with Gasteiger partial charge in [0.25, 0.3) is 0 Å². The lowest BCUT2D eigenvalue weighted by Gasteiger charge is -2.40. The number of ether oxygens (including phenoxy) is 5. The highest BCUT2D eigenvalue weighted by Gasteiger charge is 2.50. The monoisotopic (exact) mass is 1050 g/mol. The standard InChI is InChI=1S/C63H106O12/c1-4-7-10-13-16-19-22-25-27-28-30-33-36-39-42-45-48-51-57(66)74-61-59(68)58(67)60(62(69)70)75-63(61)72-53-54(73-56(65)50-47-44-41-38-35-31-24-21-18-15-12-9-6-3)52-71-55(64)49-46-43-40-37-34-32-29-26-23-20-17-14-11-8-5-2/h7,10,16-17,19-20,25-27,29-30,33,54,58-61,63,67-68H,4-6,8-9,11-15,18,21-24,28,31-32,34-53H2,1-3H3,(H,69,70)/b10-7-,19-16-,20-17-,27-25-,29-26-,33-30-. The summed E-state index contributed by atoms with van der Waals surface area (Å²) in [7, 11) is 0. The first-order valence-corrected chi connectivity index (χ1v) is 29.9. The fourth-order valence-corrected chi connectivity index (χ4v) is 8.68. The lowest BCUT2D eigenvalue weighted by atomic mass is 9.98. The SMILES string of the molecule is CC/C=C\C/C=C\C/C=C\C/C=C\CCCCCCC(=O)OC1C(OCC(COC(=O)CCCCCCC/C=C\C/C=C\CCCCC)OC(=O)CCCCCCCCCCCCCCC)OC(C(=O)O)C(O)C1O. The molecular formula is C63H106O12. The molecule has 430 valence electrons. The van der Waals surface area contributed by atoms with E-state index in [0.717, 1.165) is 116 Å². The largest absolute Gasteiger partial charge is 0.479 e. The predicted octanol–water partition coefficient (Wildman–Crippen LogP) is 15.3. The normalized spacial score (nSPS) is 18.7. The van der Waals surface area contributed by atoms with Crippen LogP contribution >= 0.6 is 0 Å². The summed E-state index contributed by atoms with van der Waals surface area (Å²) in [5.41, 5.74) is 0. The van der Waals surface area contributed by atoms with Gasteiger partial charge >= 0.3 is 23.9 Å². The Morgan fingerprint density at radius 2 is 0.840 bits per heavy atom. The number of aliphatic hydroxyl groups excluding tert-OH is 2. The van der Waals surface area contributed by atoms with Crippen molar-refractivity contribution in [2.75, 3.05) is 13.2 Å². The molecule has 6 atom stereocenters. The van der Waals surface area contributed by atoms with Crippen LogP contribution < -0.4 is 0 Å². The fraction of sp³-hybridized carbons (Fsp3) is 0.746. The van der Waals surface area contributed by atoms with E-state index in [4.69, 9.17) is 23.7 Å². The molecule has 75 heavy (non-hydrogen) atoms. The van der Waals surface area contributed by atoms with E-state index >= 15 is 0 Å². The summed E-state index contributed by atoms with van der Waals surface area (Å²) in [4.78, 5) is 51.1. The Hall–Kier alpha value is -3.84. The second kappa shape index (κ2) is 50.9. The first-order valence-electron chi connectivity index (χ1n) is 29.9. The van der Waals surface area contributed by atoms with Gasteiger partial charge in [-0.15, -0.1) is 0 Å². The number of carbonyl (C=O) groups is 4. The van der Waals surface area contributed by atoms with E-state index in [1.807, 2.05) is 0 Å². The van der Waals surface area contributed by atoms with E-state index in [0.29, 0.717) is 19.3 Å². The number of esters is 3. The summed E-state index contributed by atoms with van der Waals surface area (Å²) >= 11 is 0. The number of hydrogen-bond acceptors (Lipinski definition) is 11. The van der Waals surface area contributed by atoms with E-state index in [1.54, 1.807) is 0 Å². The van der Waals surface area contributed by atoms with Crippen molar-refractivity contribution in [3.05, 3.63) is 72.9 Å². The number of carboxylic acids is 1.